The first-order chi connectivity index (χ1) is 12.9. The third-order valence-corrected chi connectivity index (χ3v) is 4.75. The smallest absolute Gasteiger partial charge is 0.335 e. The first-order valence-corrected chi connectivity index (χ1v) is 8.90. The minimum Gasteiger partial charge on any atom is -0.478 e. The van der Waals surface area contributed by atoms with Gasteiger partial charge < -0.3 is 14.9 Å². The van der Waals surface area contributed by atoms with Gasteiger partial charge in [0.2, 0.25) is 5.91 Å². The Morgan fingerprint density at radius 1 is 0.889 bits per heavy atom. The zero-order valence-electron chi connectivity index (χ0n) is 15.2. The van der Waals surface area contributed by atoms with Gasteiger partial charge in [-0.15, -0.1) is 0 Å². The summed E-state index contributed by atoms with van der Waals surface area (Å²) in [5, 5.41) is 9.05. The van der Waals surface area contributed by atoms with Crippen LogP contribution in [0.1, 0.15) is 31.8 Å². The number of carbonyl (C=O) groups is 3. The van der Waals surface area contributed by atoms with Crippen molar-refractivity contribution in [3.8, 4) is 0 Å². The third-order valence-electron chi connectivity index (χ3n) is 4.75. The van der Waals surface area contributed by atoms with Crippen molar-refractivity contribution < 1.29 is 19.5 Å². The maximum atomic E-state index is 12.5. The molecule has 1 N–H and O–H groups in total. The molecule has 1 aliphatic heterocycles. The Kier molecular flexibility index (Phi) is 5.54. The van der Waals surface area contributed by atoms with E-state index in [1.54, 1.807) is 21.9 Å². The Hall–Kier alpha value is -3.15. The van der Waals surface area contributed by atoms with Crippen molar-refractivity contribution in [1.29, 1.82) is 0 Å². The van der Waals surface area contributed by atoms with Crippen LogP contribution in [-0.2, 0) is 11.2 Å². The van der Waals surface area contributed by atoms with Gasteiger partial charge in [-0.25, -0.2) is 4.79 Å². The Bertz CT molecular complexity index is 853. The summed E-state index contributed by atoms with van der Waals surface area (Å²) in [4.78, 5) is 39.6. The molecule has 2 amide bonds. The van der Waals surface area contributed by atoms with Crippen molar-refractivity contribution in [2.75, 3.05) is 26.2 Å². The highest BCUT2D eigenvalue weighted by atomic mass is 16.4. The standard InChI is InChI=1S/C21H22N2O4/c1-15-5-7-17(8-6-15)20(25)23-11-9-22(10-12-23)19(24)14-16-3-2-4-18(13-16)21(26)27/h2-8,13H,9-12,14H2,1H3,(H,26,27). The number of rotatable bonds is 4. The normalized spacial score (nSPS) is 14.1. The molecule has 2 aromatic carbocycles. The molecule has 6 heteroatoms. The second-order valence-electron chi connectivity index (χ2n) is 6.72. The van der Waals surface area contributed by atoms with Crippen LogP contribution in [0.25, 0.3) is 0 Å². The van der Waals surface area contributed by atoms with Crippen molar-refractivity contribution in [2.24, 2.45) is 0 Å². The monoisotopic (exact) mass is 366 g/mol. The molecule has 0 aliphatic carbocycles. The lowest BCUT2D eigenvalue weighted by Crippen LogP contribution is -2.51. The van der Waals surface area contributed by atoms with E-state index in [0.717, 1.165) is 5.56 Å². The summed E-state index contributed by atoms with van der Waals surface area (Å²) < 4.78 is 0. The lowest BCUT2D eigenvalue weighted by atomic mass is 10.1. The van der Waals surface area contributed by atoms with Crippen molar-refractivity contribution in [3.05, 3.63) is 70.8 Å². The van der Waals surface area contributed by atoms with E-state index in [4.69, 9.17) is 5.11 Å². The number of amides is 2. The number of aryl methyl sites for hydroxylation is 1. The van der Waals surface area contributed by atoms with Gasteiger partial charge in [-0.05, 0) is 36.8 Å². The Balaban J connectivity index is 1.56. The number of hydrogen-bond acceptors (Lipinski definition) is 3. The first-order valence-electron chi connectivity index (χ1n) is 8.90. The summed E-state index contributed by atoms with van der Waals surface area (Å²) in [6, 6.07) is 13.9. The number of carboxylic acids is 1. The minimum atomic E-state index is -1.01. The molecule has 1 aliphatic rings. The van der Waals surface area contributed by atoms with Gasteiger partial charge >= 0.3 is 5.97 Å². The number of carbonyl (C=O) groups excluding carboxylic acids is 2. The molecule has 1 saturated heterocycles. The second kappa shape index (κ2) is 8.03. The molecule has 1 fully saturated rings. The Morgan fingerprint density at radius 2 is 1.52 bits per heavy atom. The number of hydrogen-bond donors (Lipinski definition) is 1. The summed E-state index contributed by atoms with van der Waals surface area (Å²) in [7, 11) is 0. The molecule has 0 spiro atoms. The number of carboxylic acid groups (broad SMARTS) is 1. The van der Waals surface area contributed by atoms with Gasteiger partial charge in [0.25, 0.3) is 5.91 Å². The largest absolute Gasteiger partial charge is 0.478 e. The fourth-order valence-electron chi connectivity index (χ4n) is 3.14. The maximum Gasteiger partial charge on any atom is 0.335 e. The van der Waals surface area contributed by atoms with E-state index in [-0.39, 0.29) is 23.8 Å². The number of nitrogens with zero attached hydrogens (tertiary/aromatic N) is 2. The summed E-state index contributed by atoms with van der Waals surface area (Å²) in [6.45, 7) is 3.93. The second-order valence-corrected chi connectivity index (χ2v) is 6.72. The average Bonchev–Trinajstić information content (AvgIpc) is 2.68. The molecule has 0 bridgehead atoms. The highest BCUT2D eigenvalue weighted by Gasteiger charge is 2.25. The molecule has 0 unspecified atom stereocenters. The topological polar surface area (TPSA) is 77.9 Å². The highest BCUT2D eigenvalue weighted by Crippen LogP contribution is 2.12. The van der Waals surface area contributed by atoms with Crippen molar-refractivity contribution in [1.82, 2.24) is 9.80 Å². The van der Waals surface area contributed by atoms with Crippen molar-refractivity contribution in [2.45, 2.75) is 13.3 Å². The first kappa shape index (κ1) is 18.6. The van der Waals surface area contributed by atoms with Crippen molar-refractivity contribution in [3.63, 3.8) is 0 Å². The number of piperazine rings is 1. The quantitative estimate of drug-likeness (QED) is 0.900. The molecule has 2 aromatic rings. The van der Waals surface area contributed by atoms with Gasteiger partial charge in [0.15, 0.2) is 0 Å². The molecule has 0 radical (unpaired) electrons. The minimum absolute atomic E-state index is 0.0174. The van der Waals surface area contributed by atoms with E-state index in [1.807, 2.05) is 31.2 Å². The average molecular weight is 366 g/mol. The molecular formula is C21H22N2O4. The van der Waals surface area contributed by atoms with Crippen LogP contribution in [0.3, 0.4) is 0 Å². The molecule has 0 atom stereocenters. The zero-order chi connectivity index (χ0) is 19.4. The van der Waals surface area contributed by atoms with Crippen LogP contribution in [0.15, 0.2) is 48.5 Å². The van der Waals surface area contributed by atoms with Gasteiger partial charge in [-0.1, -0.05) is 29.8 Å². The van der Waals surface area contributed by atoms with Crippen LogP contribution in [0, 0.1) is 6.92 Å². The molecule has 27 heavy (non-hydrogen) atoms. The molecule has 6 nitrogen and oxygen atoms in total. The van der Waals surface area contributed by atoms with Crippen LogP contribution in [0.2, 0.25) is 0 Å². The Morgan fingerprint density at radius 3 is 2.15 bits per heavy atom. The zero-order valence-corrected chi connectivity index (χ0v) is 15.2. The highest BCUT2D eigenvalue weighted by molar-refractivity contribution is 5.94. The van der Waals surface area contributed by atoms with E-state index in [9.17, 15) is 14.4 Å². The summed E-state index contributed by atoms with van der Waals surface area (Å²) >= 11 is 0. The fraction of sp³-hybridized carbons (Fsp3) is 0.286. The van der Waals surface area contributed by atoms with Crippen molar-refractivity contribution >= 4 is 17.8 Å². The van der Waals surface area contributed by atoms with Crippen LogP contribution in [-0.4, -0.2) is 58.9 Å². The Labute approximate surface area is 158 Å². The van der Waals surface area contributed by atoms with Crippen LogP contribution < -0.4 is 0 Å². The third kappa shape index (κ3) is 4.53. The van der Waals surface area contributed by atoms with E-state index in [2.05, 4.69) is 0 Å². The lowest BCUT2D eigenvalue weighted by molar-refractivity contribution is -0.131. The van der Waals surface area contributed by atoms with Crippen LogP contribution >= 0.6 is 0 Å². The van der Waals surface area contributed by atoms with E-state index >= 15 is 0 Å². The fourth-order valence-corrected chi connectivity index (χ4v) is 3.14. The molecule has 0 saturated carbocycles. The van der Waals surface area contributed by atoms with Gasteiger partial charge in [0.1, 0.15) is 0 Å². The molecular weight excluding hydrogens is 344 g/mol. The molecule has 0 aromatic heterocycles. The van der Waals surface area contributed by atoms with Gasteiger partial charge in [0, 0.05) is 31.7 Å². The van der Waals surface area contributed by atoms with E-state index in [1.165, 1.54) is 12.1 Å². The summed E-state index contributed by atoms with van der Waals surface area (Å²) in [5.41, 5.74) is 2.62. The maximum absolute atomic E-state index is 12.5. The predicted molar refractivity (Wildman–Crippen MR) is 101 cm³/mol. The van der Waals surface area contributed by atoms with Gasteiger partial charge in [-0.2, -0.15) is 0 Å². The SMILES string of the molecule is Cc1ccc(C(=O)N2CCN(C(=O)Cc3cccc(C(=O)O)c3)CC2)cc1. The number of aromatic carboxylic acids is 1. The van der Waals surface area contributed by atoms with E-state index in [0.29, 0.717) is 37.3 Å². The molecule has 1 heterocycles. The number of benzene rings is 2. The van der Waals surface area contributed by atoms with Crippen LogP contribution in [0.5, 0.6) is 0 Å². The van der Waals surface area contributed by atoms with E-state index < -0.39 is 5.97 Å². The summed E-state index contributed by atoms with van der Waals surface area (Å²) in [6.07, 6.45) is 0.160. The lowest BCUT2D eigenvalue weighted by Gasteiger charge is -2.35. The molecule has 3 rings (SSSR count). The molecule has 140 valence electrons. The predicted octanol–water partition coefficient (Wildman–Crippen LogP) is 2.22. The summed E-state index contributed by atoms with van der Waals surface area (Å²) in [5.74, 6) is -1.08. The van der Waals surface area contributed by atoms with Gasteiger partial charge in [0.05, 0.1) is 12.0 Å². The van der Waals surface area contributed by atoms with Gasteiger partial charge in [-0.3, -0.25) is 9.59 Å². The van der Waals surface area contributed by atoms with Crippen LogP contribution in [0.4, 0.5) is 0 Å².